The average Bonchev–Trinajstić information content (AvgIpc) is 2.65. The fourth-order valence-electron chi connectivity index (χ4n) is 2.60. The maximum Gasteiger partial charge on any atom is 0.337 e. The summed E-state index contributed by atoms with van der Waals surface area (Å²) in [6.45, 7) is 2.64. The lowest BCUT2D eigenvalue weighted by atomic mass is 10.1. The first kappa shape index (κ1) is 20.1. The summed E-state index contributed by atoms with van der Waals surface area (Å²) in [5, 5.41) is 0. The van der Waals surface area contributed by atoms with E-state index in [1.54, 1.807) is 19.1 Å². The third-order valence-corrected chi connectivity index (χ3v) is 6.03. The number of benzene rings is 2. The van der Waals surface area contributed by atoms with Gasteiger partial charge in [0.1, 0.15) is 0 Å². The monoisotopic (exact) mass is 376 g/mol. The Balaban J connectivity index is 2.44. The number of esters is 1. The number of rotatable bonds is 8. The number of sulfonamides is 1. The number of nitrogens with two attached hydrogens (primary N) is 1. The number of carbonyl (C=O) groups is 1. The number of methoxy groups -OCH3 is 1. The zero-order valence-corrected chi connectivity index (χ0v) is 15.8. The molecule has 0 radical (unpaired) electrons. The lowest BCUT2D eigenvalue weighted by Gasteiger charge is -2.23. The lowest BCUT2D eigenvalue weighted by Crippen LogP contribution is -2.33. The molecule has 2 aromatic rings. The van der Waals surface area contributed by atoms with Crippen molar-refractivity contribution in [1.29, 1.82) is 0 Å². The third kappa shape index (κ3) is 4.69. The highest BCUT2D eigenvalue weighted by Gasteiger charge is 2.27. The van der Waals surface area contributed by atoms with Gasteiger partial charge in [-0.25, -0.2) is 13.2 Å². The first-order chi connectivity index (χ1) is 12.4. The molecule has 2 N–H and O–H groups in total. The van der Waals surface area contributed by atoms with Crippen LogP contribution in [0.5, 0.6) is 0 Å². The average molecular weight is 376 g/mol. The molecular formula is C19H24N2O4S. The Morgan fingerprint density at radius 3 is 2.46 bits per heavy atom. The van der Waals surface area contributed by atoms with Gasteiger partial charge in [0.15, 0.2) is 0 Å². The maximum atomic E-state index is 13.3. The molecule has 0 amide bonds. The van der Waals surface area contributed by atoms with Crippen LogP contribution in [-0.2, 0) is 21.3 Å². The molecule has 0 aliphatic carbocycles. The van der Waals surface area contributed by atoms with Crippen LogP contribution in [0.3, 0.4) is 0 Å². The molecule has 0 heterocycles. The van der Waals surface area contributed by atoms with Crippen molar-refractivity contribution in [2.24, 2.45) is 5.73 Å². The number of hydrogen-bond acceptors (Lipinski definition) is 5. The lowest BCUT2D eigenvalue weighted by molar-refractivity contribution is 0.0600. The van der Waals surface area contributed by atoms with Gasteiger partial charge in [-0.1, -0.05) is 36.4 Å². The van der Waals surface area contributed by atoms with Crippen molar-refractivity contribution in [2.75, 3.05) is 20.2 Å². The molecule has 0 saturated carbocycles. The molecular weight excluding hydrogens is 352 g/mol. The fourth-order valence-corrected chi connectivity index (χ4v) is 4.32. The number of nitrogens with zero attached hydrogens (tertiary/aromatic N) is 1. The van der Waals surface area contributed by atoms with E-state index in [4.69, 9.17) is 10.5 Å². The van der Waals surface area contributed by atoms with Gasteiger partial charge in [0, 0.05) is 13.1 Å². The number of aryl methyl sites for hydroxylation is 1. The van der Waals surface area contributed by atoms with Crippen LogP contribution in [0.25, 0.3) is 0 Å². The van der Waals surface area contributed by atoms with Gasteiger partial charge in [0.05, 0.1) is 17.6 Å². The van der Waals surface area contributed by atoms with Crippen LogP contribution in [0.4, 0.5) is 0 Å². The highest BCUT2D eigenvalue weighted by Crippen LogP contribution is 2.23. The predicted molar refractivity (Wildman–Crippen MR) is 100 cm³/mol. The summed E-state index contributed by atoms with van der Waals surface area (Å²) < 4.78 is 32.6. The molecule has 0 aliphatic rings. The van der Waals surface area contributed by atoms with Crippen LogP contribution in [-0.4, -0.2) is 38.9 Å². The molecule has 0 spiro atoms. The van der Waals surface area contributed by atoms with E-state index >= 15 is 0 Å². The van der Waals surface area contributed by atoms with E-state index in [-0.39, 0.29) is 17.0 Å². The number of carbonyl (C=O) groups excluding carboxylic acids is 1. The van der Waals surface area contributed by atoms with Crippen LogP contribution in [0.2, 0.25) is 0 Å². The summed E-state index contributed by atoms with van der Waals surface area (Å²) in [6.07, 6.45) is 0.543. The predicted octanol–water partition coefficient (Wildman–Crippen LogP) is 2.32. The van der Waals surface area contributed by atoms with Crippen LogP contribution < -0.4 is 5.73 Å². The highest BCUT2D eigenvalue weighted by molar-refractivity contribution is 7.89. The smallest absolute Gasteiger partial charge is 0.337 e. The summed E-state index contributed by atoms with van der Waals surface area (Å²) in [6, 6.07) is 13.9. The molecule has 0 atom stereocenters. The van der Waals surface area contributed by atoms with Gasteiger partial charge in [-0.2, -0.15) is 4.31 Å². The Labute approximate surface area is 154 Å². The Kier molecular flexibility index (Phi) is 6.90. The standard InChI is InChI=1S/C19H24N2O4S/c1-15-9-10-17(19(22)25-2)13-18(15)26(23,24)21(12-6-11-20)14-16-7-4-3-5-8-16/h3-5,7-10,13H,6,11-12,14,20H2,1-2H3. The second-order valence-corrected chi connectivity index (χ2v) is 7.84. The molecule has 0 saturated heterocycles. The van der Waals surface area contributed by atoms with Crippen LogP contribution >= 0.6 is 0 Å². The van der Waals surface area contributed by atoms with Gasteiger partial charge in [0.2, 0.25) is 10.0 Å². The van der Waals surface area contributed by atoms with E-state index in [1.165, 1.54) is 17.5 Å². The van der Waals surface area contributed by atoms with E-state index in [1.807, 2.05) is 30.3 Å². The first-order valence-corrected chi connectivity index (χ1v) is 9.77. The molecule has 0 unspecified atom stereocenters. The van der Waals surface area contributed by atoms with Crippen molar-refractivity contribution in [3.63, 3.8) is 0 Å². The minimum Gasteiger partial charge on any atom is -0.465 e. The van der Waals surface area contributed by atoms with Gasteiger partial charge < -0.3 is 10.5 Å². The Hall–Kier alpha value is -2.22. The van der Waals surface area contributed by atoms with Crippen molar-refractivity contribution in [3.05, 3.63) is 65.2 Å². The van der Waals surface area contributed by atoms with Crippen LogP contribution in [0.1, 0.15) is 27.9 Å². The molecule has 7 heteroatoms. The number of ether oxygens (including phenoxy) is 1. The van der Waals surface area contributed by atoms with Crippen molar-refractivity contribution in [1.82, 2.24) is 4.31 Å². The normalized spacial score (nSPS) is 11.5. The molecule has 0 bridgehead atoms. The summed E-state index contributed by atoms with van der Waals surface area (Å²) in [5.74, 6) is -0.571. The molecule has 2 rings (SSSR count). The minimum absolute atomic E-state index is 0.105. The molecule has 26 heavy (non-hydrogen) atoms. The van der Waals surface area contributed by atoms with Crippen molar-refractivity contribution < 1.29 is 17.9 Å². The van der Waals surface area contributed by atoms with Crippen molar-refractivity contribution in [3.8, 4) is 0 Å². The summed E-state index contributed by atoms with van der Waals surface area (Å²) in [4.78, 5) is 11.9. The second kappa shape index (κ2) is 8.93. The van der Waals surface area contributed by atoms with Gasteiger partial charge >= 0.3 is 5.97 Å². The minimum atomic E-state index is -3.80. The third-order valence-electron chi connectivity index (χ3n) is 4.04. The largest absolute Gasteiger partial charge is 0.465 e. The van der Waals surface area contributed by atoms with Gasteiger partial charge in [0.25, 0.3) is 0 Å². The Bertz CT molecular complexity index is 851. The van der Waals surface area contributed by atoms with Crippen molar-refractivity contribution >= 4 is 16.0 Å². The molecule has 2 aromatic carbocycles. The molecule has 0 fully saturated rings. The summed E-state index contributed by atoms with van der Waals surface area (Å²) in [7, 11) is -2.53. The first-order valence-electron chi connectivity index (χ1n) is 8.33. The molecule has 140 valence electrons. The topological polar surface area (TPSA) is 89.7 Å². The van der Waals surface area contributed by atoms with Gasteiger partial charge in [-0.15, -0.1) is 0 Å². The highest BCUT2D eigenvalue weighted by atomic mass is 32.2. The van der Waals surface area contributed by atoms with E-state index in [0.717, 1.165) is 5.56 Å². The maximum absolute atomic E-state index is 13.3. The molecule has 6 nitrogen and oxygen atoms in total. The zero-order valence-electron chi connectivity index (χ0n) is 15.0. The Morgan fingerprint density at radius 2 is 1.85 bits per heavy atom. The number of hydrogen-bond donors (Lipinski definition) is 1. The second-order valence-electron chi connectivity index (χ2n) is 5.94. The van der Waals surface area contributed by atoms with Gasteiger partial charge in [-0.3, -0.25) is 0 Å². The zero-order chi connectivity index (χ0) is 19.2. The van der Waals surface area contributed by atoms with E-state index in [2.05, 4.69) is 0 Å². The quantitative estimate of drug-likeness (QED) is 0.714. The summed E-state index contributed by atoms with van der Waals surface area (Å²) in [5.41, 5.74) is 7.24. The van der Waals surface area contributed by atoms with Crippen LogP contribution in [0.15, 0.2) is 53.4 Å². The van der Waals surface area contributed by atoms with Crippen LogP contribution in [0, 0.1) is 6.92 Å². The molecule has 0 aliphatic heterocycles. The van der Waals surface area contributed by atoms with E-state index < -0.39 is 16.0 Å². The van der Waals surface area contributed by atoms with Gasteiger partial charge in [-0.05, 0) is 43.1 Å². The fraction of sp³-hybridized carbons (Fsp3) is 0.316. The Morgan fingerprint density at radius 1 is 1.15 bits per heavy atom. The van der Waals surface area contributed by atoms with Crippen molar-refractivity contribution in [2.45, 2.75) is 24.8 Å². The SMILES string of the molecule is COC(=O)c1ccc(C)c(S(=O)(=O)N(CCCN)Cc2ccccc2)c1. The van der Waals surface area contributed by atoms with E-state index in [9.17, 15) is 13.2 Å². The molecule has 0 aromatic heterocycles. The van der Waals surface area contributed by atoms with E-state index in [0.29, 0.717) is 25.1 Å². The summed E-state index contributed by atoms with van der Waals surface area (Å²) >= 11 is 0.